The average molecular weight is 190 g/mol. The van der Waals surface area contributed by atoms with Crippen LogP contribution in [0.3, 0.4) is 0 Å². The second-order valence-electron chi connectivity index (χ2n) is 4.33. The van der Waals surface area contributed by atoms with Gasteiger partial charge in [0.2, 0.25) is 0 Å². The van der Waals surface area contributed by atoms with Gasteiger partial charge in [-0.05, 0) is 50.9 Å². The molecular formula is C12H18N2. The lowest BCUT2D eigenvalue weighted by atomic mass is 9.92. The van der Waals surface area contributed by atoms with Gasteiger partial charge in [-0.1, -0.05) is 6.07 Å². The van der Waals surface area contributed by atoms with E-state index >= 15 is 0 Å². The molecule has 1 aliphatic rings. The molecule has 1 aromatic heterocycles. The molecule has 1 saturated heterocycles. The highest BCUT2D eigenvalue weighted by Gasteiger charge is 2.18. The van der Waals surface area contributed by atoms with Crippen LogP contribution in [0.4, 0.5) is 0 Å². The summed E-state index contributed by atoms with van der Waals surface area (Å²) in [7, 11) is 2.20. The second kappa shape index (κ2) is 4.09. The van der Waals surface area contributed by atoms with E-state index in [2.05, 4.69) is 29.1 Å². The van der Waals surface area contributed by atoms with Gasteiger partial charge in [0.1, 0.15) is 0 Å². The third kappa shape index (κ3) is 2.13. The Morgan fingerprint density at radius 1 is 1.43 bits per heavy atom. The van der Waals surface area contributed by atoms with E-state index in [1.807, 2.05) is 13.1 Å². The quantitative estimate of drug-likeness (QED) is 0.675. The highest BCUT2D eigenvalue weighted by atomic mass is 15.1. The number of piperidine rings is 1. The molecule has 2 nitrogen and oxygen atoms in total. The van der Waals surface area contributed by atoms with E-state index in [4.69, 9.17) is 0 Å². The summed E-state index contributed by atoms with van der Waals surface area (Å²) in [6, 6.07) is 4.34. The number of aryl methyl sites for hydroxylation is 1. The Bertz CT molecular complexity index is 292. The Labute approximate surface area is 86.0 Å². The SMILES string of the molecule is Cc1ccc(C2CCCN(C)C2)cn1. The molecule has 2 heteroatoms. The summed E-state index contributed by atoms with van der Waals surface area (Å²) >= 11 is 0. The number of hydrogen-bond acceptors (Lipinski definition) is 2. The first-order valence-corrected chi connectivity index (χ1v) is 5.37. The maximum absolute atomic E-state index is 4.36. The predicted molar refractivity (Wildman–Crippen MR) is 58.4 cm³/mol. The standard InChI is InChI=1S/C12H18N2/c1-10-5-6-11(8-13-10)12-4-3-7-14(2)9-12/h5-6,8,12H,3-4,7,9H2,1-2H3. The Morgan fingerprint density at radius 2 is 2.29 bits per heavy atom. The van der Waals surface area contributed by atoms with Gasteiger partial charge in [0.15, 0.2) is 0 Å². The van der Waals surface area contributed by atoms with Crippen molar-refractivity contribution in [3.8, 4) is 0 Å². The van der Waals surface area contributed by atoms with Crippen molar-refractivity contribution in [2.24, 2.45) is 0 Å². The summed E-state index contributed by atoms with van der Waals surface area (Å²) in [6.07, 6.45) is 4.67. The van der Waals surface area contributed by atoms with Gasteiger partial charge in [-0.15, -0.1) is 0 Å². The van der Waals surface area contributed by atoms with Crippen LogP contribution in [0.25, 0.3) is 0 Å². The molecule has 0 spiro atoms. The fraction of sp³-hybridized carbons (Fsp3) is 0.583. The third-order valence-electron chi connectivity index (χ3n) is 3.03. The van der Waals surface area contributed by atoms with E-state index in [-0.39, 0.29) is 0 Å². The van der Waals surface area contributed by atoms with Gasteiger partial charge in [-0.25, -0.2) is 0 Å². The van der Waals surface area contributed by atoms with Crippen molar-refractivity contribution in [2.75, 3.05) is 20.1 Å². The summed E-state index contributed by atoms with van der Waals surface area (Å²) in [5.74, 6) is 0.696. The van der Waals surface area contributed by atoms with Crippen LogP contribution in [-0.2, 0) is 0 Å². The van der Waals surface area contributed by atoms with Gasteiger partial charge >= 0.3 is 0 Å². The van der Waals surface area contributed by atoms with Gasteiger partial charge < -0.3 is 4.90 Å². The highest BCUT2D eigenvalue weighted by molar-refractivity contribution is 5.18. The first-order valence-electron chi connectivity index (χ1n) is 5.37. The molecule has 0 aromatic carbocycles. The first kappa shape index (κ1) is 9.66. The number of likely N-dealkylation sites (N-methyl/N-ethyl adjacent to an activating group) is 1. The molecule has 1 aliphatic heterocycles. The van der Waals surface area contributed by atoms with Gasteiger partial charge in [0, 0.05) is 18.4 Å². The van der Waals surface area contributed by atoms with Crippen molar-refractivity contribution in [2.45, 2.75) is 25.7 Å². The Hall–Kier alpha value is -0.890. The van der Waals surface area contributed by atoms with Gasteiger partial charge in [-0.2, -0.15) is 0 Å². The van der Waals surface area contributed by atoms with Crippen molar-refractivity contribution in [1.82, 2.24) is 9.88 Å². The van der Waals surface area contributed by atoms with E-state index in [9.17, 15) is 0 Å². The molecule has 2 rings (SSSR count). The molecule has 0 N–H and O–H groups in total. The molecule has 1 atom stereocenters. The molecule has 2 heterocycles. The number of aromatic nitrogens is 1. The Morgan fingerprint density at radius 3 is 2.93 bits per heavy atom. The first-order chi connectivity index (χ1) is 6.75. The van der Waals surface area contributed by atoms with Gasteiger partial charge in [0.05, 0.1) is 0 Å². The zero-order chi connectivity index (χ0) is 9.97. The molecule has 0 aliphatic carbocycles. The summed E-state index contributed by atoms with van der Waals surface area (Å²) in [4.78, 5) is 6.77. The van der Waals surface area contributed by atoms with Crippen LogP contribution in [0.1, 0.15) is 30.0 Å². The van der Waals surface area contributed by atoms with Crippen molar-refractivity contribution < 1.29 is 0 Å². The molecule has 1 unspecified atom stereocenters. The number of pyridine rings is 1. The summed E-state index contributed by atoms with van der Waals surface area (Å²) in [5.41, 5.74) is 2.51. The molecule has 76 valence electrons. The monoisotopic (exact) mass is 190 g/mol. The maximum Gasteiger partial charge on any atom is 0.0372 e. The van der Waals surface area contributed by atoms with Crippen molar-refractivity contribution in [3.05, 3.63) is 29.6 Å². The van der Waals surface area contributed by atoms with Crippen LogP contribution >= 0.6 is 0 Å². The van der Waals surface area contributed by atoms with E-state index < -0.39 is 0 Å². The number of rotatable bonds is 1. The van der Waals surface area contributed by atoms with E-state index in [0.717, 1.165) is 5.69 Å². The minimum absolute atomic E-state index is 0.696. The lowest BCUT2D eigenvalue weighted by Gasteiger charge is -2.29. The molecule has 0 amide bonds. The fourth-order valence-electron chi connectivity index (χ4n) is 2.16. The van der Waals surface area contributed by atoms with Crippen LogP contribution in [-0.4, -0.2) is 30.0 Å². The smallest absolute Gasteiger partial charge is 0.0372 e. The molecule has 0 radical (unpaired) electrons. The third-order valence-corrected chi connectivity index (χ3v) is 3.03. The van der Waals surface area contributed by atoms with Crippen molar-refractivity contribution in [3.63, 3.8) is 0 Å². The zero-order valence-electron chi connectivity index (χ0n) is 9.03. The average Bonchev–Trinajstić information content (AvgIpc) is 2.19. The zero-order valence-corrected chi connectivity index (χ0v) is 9.03. The molecule has 1 aromatic rings. The van der Waals surface area contributed by atoms with Crippen LogP contribution in [0.5, 0.6) is 0 Å². The molecular weight excluding hydrogens is 172 g/mol. The normalized spacial score (nSPS) is 23.7. The van der Waals surface area contributed by atoms with E-state index in [1.165, 1.54) is 31.5 Å². The maximum atomic E-state index is 4.36. The van der Waals surface area contributed by atoms with Crippen LogP contribution in [0.2, 0.25) is 0 Å². The van der Waals surface area contributed by atoms with Gasteiger partial charge in [0.25, 0.3) is 0 Å². The second-order valence-corrected chi connectivity index (χ2v) is 4.33. The van der Waals surface area contributed by atoms with E-state index in [1.54, 1.807) is 0 Å². The lowest BCUT2D eigenvalue weighted by Crippen LogP contribution is -2.30. The minimum atomic E-state index is 0.696. The molecule has 1 fully saturated rings. The number of hydrogen-bond donors (Lipinski definition) is 0. The minimum Gasteiger partial charge on any atom is -0.306 e. The molecule has 14 heavy (non-hydrogen) atoms. The van der Waals surface area contributed by atoms with Crippen LogP contribution in [0.15, 0.2) is 18.3 Å². The Balaban J connectivity index is 2.10. The van der Waals surface area contributed by atoms with Crippen molar-refractivity contribution in [1.29, 1.82) is 0 Å². The lowest BCUT2D eigenvalue weighted by molar-refractivity contribution is 0.250. The number of likely N-dealkylation sites (tertiary alicyclic amines) is 1. The fourth-order valence-corrected chi connectivity index (χ4v) is 2.16. The molecule has 0 bridgehead atoms. The molecule has 0 saturated carbocycles. The highest BCUT2D eigenvalue weighted by Crippen LogP contribution is 2.25. The predicted octanol–water partition coefficient (Wildman–Crippen LogP) is 2.20. The number of nitrogens with zero attached hydrogens (tertiary/aromatic N) is 2. The van der Waals surface area contributed by atoms with Crippen LogP contribution in [0, 0.1) is 6.92 Å². The van der Waals surface area contributed by atoms with E-state index in [0.29, 0.717) is 5.92 Å². The Kier molecular flexibility index (Phi) is 2.82. The summed E-state index contributed by atoms with van der Waals surface area (Å²) in [5, 5.41) is 0. The van der Waals surface area contributed by atoms with Gasteiger partial charge in [-0.3, -0.25) is 4.98 Å². The summed E-state index contributed by atoms with van der Waals surface area (Å²) in [6.45, 7) is 4.47. The van der Waals surface area contributed by atoms with Crippen LogP contribution < -0.4 is 0 Å². The summed E-state index contributed by atoms with van der Waals surface area (Å²) < 4.78 is 0. The van der Waals surface area contributed by atoms with Crippen molar-refractivity contribution >= 4 is 0 Å². The topological polar surface area (TPSA) is 16.1 Å². The largest absolute Gasteiger partial charge is 0.306 e.